The first-order chi connectivity index (χ1) is 9.84. The van der Waals surface area contributed by atoms with Crippen molar-refractivity contribution in [2.24, 2.45) is 22.2 Å². The number of hydrogen-bond acceptors (Lipinski definition) is 4. The number of aliphatic carboxylic acids is 1. The maximum absolute atomic E-state index is 10.2. The van der Waals surface area contributed by atoms with Crippen LogP contribution in [0.4, 0.5) is 0 Å². The van der Waals surface area contributed by atoms with Crippen LogP contribution in [0.3, 0.4) is 0 Å². The minimum absolute atomic E-state index is 0.0129. The number of rotatable bonds is 6. The Balaban J connectivity index is 0.000000394. The van der Waals surface area contributed by atoms with E-state index in [1.54, 1.807) is 30.3 Å². The Morgan fingerprint density at radius 2 is 1.71 bits per heavy atom. The van der Waals surface area contributed by atoms with Gasteiger partial charge >= 0.3 is 11.9 Å². The van der Waals surface area contributed by atoms with E-state index in [1.807, 2.05) is 0 Å². The number of hydrogen-bond donors (Lipinski definition) is 5. The van der Waals surface area contributed by atoms with Crippen LogP contribution in [0.5, 0.6) is 0 Å². The number of carbonyl (C=O) groups is 2. The van der Waals surface area contributed by atoms with Crippen molar-refractivity contribution in [2.75, 3.05) is 6.54 Å². The zero-order valence-corrected chi connectivity index (χ0v) is 11.5. The number of nitrogens with zero attached hydrogens (tertiary/aromatic N) is 1. The molecule has 0 radical (unpaired) electrons. The maximum atomic E-state index is 10.2. The molecule has 116 valence electrons. The molecule has 1 rings (SSSR count). The SMILES string of the molecule is NC(N)=NCCC[C@H](N)C(=O)O.O=C(O)c1ccccc1. The number of carboxylic acids is 2. The fraction of sp³-hybridized carbons (Fsp3) is 0.308. The van der Waals surface area contributed by atoms with Gasteiger partial charge in [0.25, 0.3) is 0 Å². The molecule has 1 atom stereocenters. The van der Waals surface area contributed by atoms with Gasteiger partial charge in [-0.3, -0.25) is 9.79 Å². The van der Waals surface area contributed by atoms with Crippen molar-refractivity contribution in [1.82, 2.24) is 0 Å². The molecule has 0 aliphatic heterocycles. The van der Waals surface area contributed by atoms with Crippen LogP contribution < -0.4 is 17.2 Å². The summed E-state index contributed by atoms with van der Waals surface area (Å²) < 4.78 is 0. The normalized spacial score (nSPS) is 10.7. The second kappa shape index (κ2) is 10.2. The minimum atomic E-state index is -1.00. The van der Waals surface area contributed by atoms with Crippen LogP contribution in [-0.2, 0) is 4.79 Å². The van der Waals surface area contributed by atoms with Gasteiger partial charge in [-0.25, -0.2) is 4.79 Å². The second-order valence-corrected chi connectivity index (χ2v) is 4.06. The van der Waals surface area contributed by atoms with Crippen LogP contribution in [0.1, 0.15) is 23.2 Å². The predicted octanol–water partition coefficient (Wildman–Crippen LogP) is -0.163. The van der Waals surface area contributed by atoms with Gasteiger partial charge in [-0.05, 0) is 25.0 Å². The Morgan fingerprint density at radius 3 is 2.10 bits per heavy atom. The summed E-state index contributed by atoms with van der Waals surface area (Å²) >= 11 is 0. The average molecular weight is 296 g/mol. The van der Waals surface area contributed by atoms with Crippen LogP contribution in [0.15, 0.2) is 35.3 Å². The summed E-state index contributed by atoms with van der Waals surface area (Å²) in [7, 11) is 0. The first kappa shape index (κ1) is 18.4. The summed E-state index contributed by atoms with van der Waals surface area (Å²) in [6.45, 7) is 0.420. The van der Waals surface area contributed by atoms with E-state index in [2.05, 4.69) is 4.99 Å². The van der Waals surface area contributed by atoms with Gasteiger partial charge < -0.3 is 27.4 Å². The number of aromatic carboxylic acids is 1. The highest BCUT2D eigenvalue weighted by molar-refractivity contribution is 5.87. The van der Waals surface area contributed by atoms with Gasteiger partial charge in [0.2, 0.25) is 0 Å². The Morgan fingerprint density at radius 1 is 1.14 bits per heavy atom. The van der Waals surface area contributed by atoms with E-state index >= 15 is 0 Å². The summed E-state index contributed by atoms with van der Waals surface area (Å²) in [4.78, 5) is 24.1. The molecular weight excluding hydrogens is 276 g/mol. The van der Waals surface area contributed by atoms with Gasteiger partial charge in [0.05, 0.1) is 5.56 Å². The summed E-state index contributed by atoms with van der Waals surface area (Å²) in [6.07, 6.45) is 0.956. The van der Waals surface area contributed by atoms with Crippen LogP contribution >= 0.6 is 0 Å². The Labute approximate surface area is 122 Å². The van der Waals surface area contributed by atoms with E-state index in [9.17, 15) is 9.59 Å². The summed E-state index contributed by atoms with van der Waals surface area (Å²) in [5.41, 5.74) is 15.7. The second-order valence-electron chi connectivity index (χ2n) is 4.06. The largest absolute Gasteiger partial charge is 0.480 e. The molecule has 8 N–H and O–H groups in total. The van der Waals surface area contributed by atoms with Crippen molar-refractivity contribution >= 4 is 17.9 Å². The monoisotopic (exact) mass is 296 g/mol. The Kier molecular flexibility index (Phi) is 8.94. The highest BCUT2D eigenvalue weighted by Gasteiger charge is 2.09. The topological polar surface area (TPSA) is 165 Å². The number of guanidine groups is 1. The molecule has 0 aliphatic rings. The molecule has 0 saturated carbocycles. The van der Waals surface area contributed by atoms with Gasteiger partial charge in [0, 0.05) is 6.54 Å². The van der Waals surface area contributed by atoms with Crippen molar-refractivity contribution in [1.29, 1.82) is 0 Å². The molecule has 0 fully saturated rings. The Bertz CT molecular complexity index is 472. The van der Waals surface area contributed by atoms with Crippen molar-refractivity contribution in [2.45, 2.75) is 18.9 Å². The van der Waals surface area contributed by atoms with E-state index in [0.29, 0.717) is 24.9 Å². The van der Waals surface area contributed by atoms with E-state index in [0.717, 1.165) is 0 Å². The van der Waals surface area contributed by atoms with E-state index < -0.39 is 18.0 Å². The molecule has 0 spiro atoms. The summed E-state index contributed by atoms with van der Waals surface area (Å²) in [6, 6.07) is 7.48. The lowest BCUT2D eigenvalue weighted by Crippen LogP contribution is -2.30. The van der Waals surface area contributed by atoms with E-state index in [1.165, 1.54) is 0 Å². The van der Waals surface area contributed by atoms with Gasteiger partial charge in [-0.15, -0.1) is 0 Å². The first-order valence-electron chi connectivity index (χ1n) is 6.16. The highest BCUT2D eigenvalue weighted by atomic mass is 16.4. The van der Waals surface area contributed by atoms with E-state index in [-0.39, 0.29) is 5.96 Å². The lowest BCUT2D eigenvalue weighted by atomic mass is 10.2. The van der Waals surface area contributed by atoms with Gasteiger partial charge in [-0.1, -0.05) is 18.2 Å². The number of benzene rings is 1. The summed E-state index contributed by atoms with van der Waals surface area (Å²) in [5.74, 6) is -1.87. The molecule has 21 heavy (non-hydrogen) atoms. The third-order valence-electron chi connectivity index (χ3n) is 2.31. The molecule has 0 heterocycles. The number of nitrogens with two attached hydrogens (primary N) is 3. The standard InChI is InChI=1S/C7H6O2.C6H14N4O2/c8-7(9)6-4-2-1-3-5-6;7-4(5(11)12)2-1-3-10-6(8)9/h1-5H,(H,8,9);4H,1-3,7H2,(H,11,12)(H4,8,9,10)/t;4-/m.0/s1. The van der Waals surface area contributed by atoms with Crippen molar-refractivity contribution < 1.29 is 19.8 Å². The third kappa shape index (κ3) is 9.91. The van der Waals surface area contributed by atoms with Gasteiger partial charge in [0.1, 0.15) is 6.04 Å². The van der Waals surface area contributed by atoms with Gasteiger partial charge in [-0.2, -0.15) is 0 Å². The number of carboxylic acid groups (broad SMARTS) is 2. The predicted molar refractivity (Wildman–Crippen MR) is 78.9 cm³/mol. The first-order valence-corrected chi connectivity index (χ1v) is 6.16. The van der Waals surface area contributed by atoms with Crippen LogP contribution in [0, 0.1) is 0 Å². The molecule has 8 nitrogen and oxygen atoms in total. The molecule has 1 aromatic carbocycles. The molecule has 0 aliphatic carbocycles. The fourth-order valence-electron chi connectivity index (χ4n) is 1.22. The molecular formula is C13H20N4O4. The molecule has 0 unspecified atom stereocenters. The van der Waals surface area contributed by atoms with Crippen LogP contribution in [0.25, 0.3) is 0 Å². The summed E-state index contributed by atoms with van der Waals surface area (Å²) in [5, 5.41) is 16.8. The maximum Gasteiger partial charge on any atom is 0.335 e. The molecule has 0 amide bonds. The van der Waals surface area contributed by atoms with Crippen molar-refractivity contribution in [3.05, 3.63) is 35.9 Å². The minimum Gasteiger partial charge on any atom is -0.480 e. The van der Waals surface area contributed by atoms with Gasteiger partial charge in [0.15, 0.2) is 5.96 Å². The lowest BCUT2D eigenvalue weighted by molar-refractivity contribution is -0.138. The molecule has 8 heteroatoms. The average Bonchev–Trinajstić information content (AvgIpc) is 2.44. The van der Waals surface area contributed by atoms with E-state index in [4.69, 9.17) is 27.4 Å². The fourth-order valence-corrected chi connectivity index (χ4v) is 1.22. The molecule has 0 bridgehead atoms. The number of aliphatic imine (C=N–C) groups is 1. The van der Waals surface area contributed by atoms with Crippen LogP contribution in [0.2, 0.25) is 0 Å². The van der Waals surface area contributed by atoms with Crippen molar-refractivity contribution in [3.8, 4) is 0 Å². The quantitative estimate of drug-likeness (QED) is 0.276. The van der Waals surface area contributed by atoms with Crippen LogP contribution in [-0.4, -0.2) is 40.7 Å². The van der Waals surface area contributed by atoms with Crippen molar-refractivity contribution in [3.63, 3.8) is 0 Å². The molecule has 1 aromatic rings. The highest BCUT2D eigenvalue weighted by Crippen LogP contribution is 1.96. The molecule has 0 saturated heterocycles. The lowest BCUT2D eigenvalue weighted by Gasteiger charge is -2.03. The zero-order chi connectivity index (χ0) is 16.3. The molecule has 0 aromatic heterocycles. The smallest absolute Gasteiger partial charge is 0.335 e. The third-order valence-corrected chi connectivity index (χ3v) is 2.31. The Hall–Kier alpha value is -2.61. The zero-order valence-electron chi connectivity index (χ0n) is 11.5.